The van der Waals surface area contributed by atoms with Crippen LogP contribution in [0.2, 0.25) is 0 Å². The van der Waals surface area contributed by atoms with E-state index in [1.807, 2.05) is 6.07 Å². The van der Waals surface area contributed by atoms with Crippen LogP contribution in [-0.2, 0) is 16.6 Å². The van der Waals surface area contributed by atoms with Crippen LogP contribution in [-0.4, -0.2) is 41.5 Å². The van der Waals surface area contributed by atoms with Crippen LogP contribution in [0.5, 0.6) is 0 Å². The minimum Gasteiger partial charge on any atom is -0.478 e. The predicted molar refractivity (Wildman–Crippen MR) is 93.7 cm³/mol. The predicted octanol–water partition coefficient (Wildman–Crippen LogP) is 1.35. The summed E-state index contributed by atoms with van der Waals surface area (Å²) in [6, 6.07) is 10.5. The first-order valence-corrected chi connectivity index (χ1v) is 9.83. The summed E-state index contributed by atoms with van der Waals surface area (Å²) >= 11 is 0. The van der Waals surface area contributed by atoms with Crippen LogP contribution < -0.4 is 5.56 Å². The van der Waals surface area contributed by atoms with Crippen molar-refractivity contribution in [1.29, 1.82) is 0 Å². The van der Waals surface area contributed by atoms with E-state index in [1.54, 1.807) is 10.6 Å². The van der Waals surface area contributed by atoms with Crippen molar-refractivity contribution in [1.82, 2.24) is 8.87 Å². The smallest absolute Gasteiger partial charge is 0.335 e. The van der Waals surface area contributed by atoms with Gasteiger partial charge in [0.25, 0.3) is 5.56 Å². The molecule has 7 nitrogen and oxygen atoms in total. The number of fused-ring (bicyclic) bond motifs is 4. The van der Waals surface area contributed by atoms with Gasteiger partial charge in [-0.25, -0.2) is 13.2 Å². The second-order valence-electron chi connectivity index (χ2n) is 6.85. The molecule has 8 heteroatoms. The lowest BCUT2D eigenvalue weighted by Crippen LogP contribution is -2.49. The van der Waals surface area contributed by atoms with Gasteiger partial charge in [-0.15, -0.1) is 0 Å². The summed E-state index contributed by atoms with van der Waals surface area (Å²) in [6.45, 7) is 1.13. The van der Waals surface area contributed by atoms with E-state index in [9.17, 15) is 18.0 Å². The molecule has 4 rings (SSSR count). The topological polar surface area (TPSA) is 96.7 Å². The maximum absolute atomic E-state index is 13.0. The van der Waals surface area contributed by atoms with Gasteiger partial charge in [0.15, 0.2) is 0 Å². The highest BCUT2D eigenvalue weighted by molar-refractivity contribution is 7.89. The van der Waals surface area contributed by atoms with Gasteiger partial charge >= 0.3 is 5.97 Å². The quantitative estimate of drug-likeness (QED) is 0.875. The number of carboxylic acids is 1. The van der Waals surface area contributed by atoms with Crippen LogP contribution in [0.25, 0.3) is 0 Å². The molecule has 2 aliphatic rings. The van der Waals surface area contributed by atoms with Crippen molar-refractivity contribution in [3.8, 4) is 0 Å². The molecule has 26 heavy (non-hydrogen) atoms. The molecule has 1 aromatic heterocycles. The Morgan fingerprint density at radius 1 is 1.08 bits per heavy atom. The Balaban J connectivity index is 1.69. The molecule has 1 aromatic carbocycles. The Bertz CT molecular complexity index is 1040. The number of carboxylic acid groups (broad SMARTS) is 1. The molecule has 2 aliphatic heterocycles. The fourth-order valence-electron chi connectivity index (χ4n) is 3.99. The number of aromatic nitrogens is 1. The van der Waals surface area contributed by atoms with E-state index >= 15 is 0 Å². The van der Waals surface area contributed by atoms with Crippen molar-refractivity contribution in [3.05, 3.63) is 64.1 Å². The van der Waals surface area contributed by atoms with E-state index in [2.05, 4.69) is 0 Å². The molecule has 0 aliphatic carbocycles. The van der Waals surface area contributed by atoms with Crippen LogP contribution in [0.15, 0.2) is 52.2 Å². The van der Waals surface area contributed by atoms with E-state index in [1.165, 1.54) is 34.6 Å². The third kappa shape index (κ3) is 2.75. The van der Waals surface area contributed by atoms with Crippen molar-refractivity contribution in [2.24, 2.45) is 5.92 Å². The first-order valence-electron chi connectivity index (χ1n) is 8.39. The maximum atomic E-state index is 13.0. The van der Waals surface area contributed by atoms with E-state index in [-0.39, 0.29) is 27.9 Å². The van der Waals surface area contributed by atoms with Gasteiger partial charge in [0.1, 0.15) is 0 Å². The van der Waals surface area contributed by atoms with E-state index in [0.717, 1.165) is 12.1 Å². The summed E-state index contributed by atoms with van der Waals surface area (Å²) in [6.07, 6.45) is 0.852. The van der Waals surface area contributed by atoms with Crippen LogP contribution >= 0.6 is 0 Å². The minimum absolute atomic E-state index is 0.0113. The molecule has 0 saturated carbocycles. The molecule has 2 aromatic rings. The molecule has 0 spiro atoms. The molecule has 0 unspecified atom stereocenters. The van der Waals surface area contributed by atoms with Gasteiger partial charge in [-0.05, 0) is 36.6 Å². The Hall–Kier alpha value is -2.45. The number of nitrogens with zero attached hydrogens (tertiary/aromatic N) is 2. The number of carbonyl (C=O) groups is 1. The fourth-order valence-corrected chi connectivity index (χ4v) is 5.60. The average Bonchev–Trinajstić information content (AvgIpc) is 2.62. The van der Waals surface area contributed by atoms with Crippen molar-refractivity contribution in [2.45, 2.75) is 23.8 Å². The Labute approximate surface area is 150 Å². The molecule has 2 bridgehead atoms. The number of pyridine rings is 1. The third-order valence-electron chi connectivity index (χ3n) is 5.17. The van der Waals surface area contributed by atoms with Gasteiger partial charge in [-0.1, -0.05) is 12.1 Å². The third-order valence-corrected chi connectivity index (χ3v) is 6.99. The summed E-state index contributed by atoms with van der Waals surface area (Å²) < 4.78 is 29.2. The summed E-state index contributed by atoms with van der Waals surface area (Å²) in [4.78, 5) is 23.2. The number of sulfonamides is 1. The number of hydrogen-bond acceptors (Lipinski definition) is 4. The molecule has 1 N–H and O–H groups in total. The average molecular weight is 374 g/mol. The first-order chi connectivity index (χ1) is 12.4. The molecule has 136 valence electrons. The fraction of sp³-hybridized carbons (Fsp3) is 0.333. The SMILES string of the molecule is O=C(O)c1cccc(S(=O)(=O)N2C[C@H]3C[C@@H](C2)c2cccc(=O)n2C3)c1. The summed E-state index contributed by atoms with van der Waals surface area (Å²) in [5.41, 5.74) is 0.760. The lowest BCUT2D eigenvalue weighted by Gasteiger charge is -2.42. The van der Waals surface area contributed by atoms with E-state index in [0.29, 0.717) is 19.6 Å². The summed E-state index contributed by atoms with van der Waals surface area (Å²) in [5.74, 6) is -1.13. The van der Waals surface area contributed by atoms with E-state index < -0.39 is 16.0 Å². The van der Waals surface area contributed by atoms with Gasteiger partial charge in [0.2, 0.25) is 10.0 Å². The van der Waals surface area contributed by atoms with Crippen molar-refractivity contribution < 1.29 is 18.3 Å². The lowest BCUT2D eigenvalue weighted by molar-refractivity contribution is 0.0696. The first kappa shape index (κ1) is 17.0. The number of aromatic carboxylic acids is 1. The number of benzene rings is 1. The molecular formula is C18H18N2O5S. The van der Waals surface area contributed by atoms with Gasteiger partial charge < -0.3 is 9.67 Å². The molecule has 0 radical (unpaired) electrons. The normalized spacial score (nSPS) is 22.6. The number of hydrogen-bond donors (Lipinski definition) is 1. The zero-order valence-corrected chi connectivity index (χ0v) is 14.7. The Morgan fingerprint density at radius 3 is 2.62 bits per heavy atom. The van der Waals surface area contributed by atoms with Crippen molar-refractivity contribution >= 4 is 16.0 Å². The monoisotopic (exact) mass is 374 g/mol. The lowest BCUT2D eigenvalue weighted by atomic mass is 9.84. The zero-order chi connectivity index (χ0) is 18.5. The standard InChI is InChI=1S/C18H18N2O5S/c21-17-6-2-5-16-14-7-12(10-20(16)17)9-19(11-14)26(24,25)15-4-1-3-13(8-15)18(22)23/h1-6,8,12,14H,7,9-11H2,(H,22,23)/t12-,14+/m1/s1. The molecular weight excluding hydrogens is 356 g/mol. The Morgan fingerprint density at radius 2 is 1.85 bits per heavy atom. The van der Waals surface area contributed by atoms with Crippen LogP contribution in [0, 0.1) is 5.92 Å². The molecule has 3 heterocycles. The van der Waals surface area contributed by atoms with Gasteiger partial charge in [0.05, 0.1) is 10.5 Å². The maximum Gasteiger partial charge on any atom is 0.335 e. The zero-order valence-electron chi connectivity index (χ0n) is 13.9. The minimum atomic E-state index is -3.79. The second-order valence-corrected chi connectivity index (χ2v) is 8.79. The highest BCUT2D eigenvalue weighted by Crippen LogP contribution is 2.37. The summed E-state index contributed by atoms with van der Waals surface area (Å²) in [7, 11) is -3.79. The van der Waals surface area contributed by atoms with Gasteiger partial charge in [-0.2, -0.15) is 4.31 Å². The van der Waals surface area contributed by atoms with Crippen LogP contribution in [0.1, 0.15) is 28.4 Å². The van der Waals surface area contributed by atoms with Crippen molar-refractivity contribution in [2.75, 3.05) is 13.1 Å². The molecule has 0 amide bonds. The number of rotatable bonds is 3. The van der Waals surface area contributed by atoms with Crippen LogP contribution in [0.3, 0.4) is 0 Å². The molecule has 2 atom stereocenters. The van der Waals surface area contributed by atoms with E-state index in [4.69, 9.17) is 5.11 Å². The highest BCUT2D eigenvalue weighted by Gasteiger charge is 2.39. The number of piperidine rings is 1. The molecule has 1 saturated heterocycles. The summed E-state index contributed by atoms with van der Waals surface area (Å²) in [5, 5.41) is 9.11. The highest BCUT2D eigenvalue weighted by atomic mass is 32.2. The van der Waals surface area contributed by atoms with Gasteiger partial charge in [0, 0.05) is 37.3 Å². The van der Waals surface area contributed by atoms with Crippen LogP contribution in [0.4, 0.5) is 0 Å². The van der Waals surface area contributed by atoms with Crippen molar-refractivity contribution in [3.63, 3.8) is 0 Å². The molecule has 1 fully saturated rings. The Kier molecular flexibility index (Phi) is 3.96. The second kappa shape index (κ2) is 6.07. The van der Waals surface area contributed by atoms with Gasteiger partial charge in [-0.3, -0.25) is 4.79 Å². The largest absolute Gasteiger partial charge is 0.478 e.